The van der Waals surface area contributed by atoms with Crippen LogP contribution in [0.1, 0.15) is 31.7 Å². The molecule has 4 heteroatoms. The van der Waals surface area contributed by atoms with Gasteiger partial charge in [0.05, 0.1) is 6.61 Å². The van der Waals surface area contributed by atoms with E-state index in [-0.39, 0.29) is 0 Å². The number of hydrogen-bond donors (Lipinski definition) is 1. The van der Waals surface area contributed by atoms with E-state index in [0.717, 1.165) is 51.0 Å². The first-order chi connectivity index (χ1) is 9.81. The normalized spacial score (nSPS) is 14.5. The highest BCUT2D eigenvalue weighted by atomic mass is 16.5. The Morgan fingerprint density at radius 3 is 3.05 bits per heavy atom. The van der Waals surface area contributed by atoms with Crippen LogP contribution in [0.2, 0.25) is 0 Å². The molecule has 0 radical (unpaired) electrons. The first-order valence-corrected chi connectivity index (χ1v) is 7.74. The topological polar surface area (TPSA) is 37.4 Å². The summed E-state index contributed by atoms with van der Waals surface area (Å²) >= 11 is 0. The van der Waals surface area contributed by atoms with Crippen molar-refractivity contribution < 1.29 is 4.74 Å². The molecule has 0 saturated heterocycles. The predicted octanol–water partition coefficient (Wildman–Crippen LogP) is 2.44. The maximum atomic E-state index is 5.70. The van der Waals surface area contributed by atoms with E-state index in [0.29, 0.717) is 0 Å². The molecule has 0 unspecified atom stereocenters. The zero-order valence-electron chi connectivity index (χ0n) is 12.8. The van der Waals surface area contributed by atoms with Gasteiger partial charge in [-0.25, -0.2) is 4.98 Å². The molecule has 0 amide bonds. The van der Waals surface area contributed by atoms with Crippen LogP contribution in [0, 0.1) is 5.92 Å². The molecule has 1 saturated carbocycles. The highest BCUT2D eigenvalue weighted by Gasteiger charge is 2.21. The van der Waals surface area contributed by atoms with Crippen LogP contribution in [0.3, 0.4) is 0 Å². The minimum absolute atomic E-state index is 0.783. The van der Waals surface area contributed by atoms with Crippen LogP contribution in [0.5, 0.6) is 0 Å². The monoisotopic (exact) mass is 277 g/mol. The van der Waals surface area contributed by atoms with E-state index in [2.05, 4.69) is 35.2 Å². The van der Waals surface area contributed by atoms with Crippen LogP contribution in [0.4, 0.5) is 5.82 Å². The molecule has 112 valence electrons. The molecule has 20 heavy (non-hydrogen) atoms. The van der Waals surface area contributed by atoms with Crippen molar-refractivity contribution >= 4 is 5.82 Å². The van der Waals surface area contributed by atoms with Crippen LogP contribution >= 0.6 is 0 Å². The zero-order valence-corrected chi connectivity index (χ0v) is 12.8. The standard InChI is InChI=1S/C16H27N3O/c1-3-8-17-12-15-5-4-9-18-16(15)19(2)10-11-20-13-14-6-7-14/h4-5,9,14,17H,3,6-8,10-13H2,1-2H3. The first kappa shape index (κ1) is 15.3. The summed E-state index contributed by atoms with van der Waals surface area (Å²) in [5.74, 6) is 1.90. The first-order valence-electron chi connectivity index (χ1n) is 7.74. The fourth-order valence-electron chi connectivity index (χ4n) is 2.15. The highest BCUT2D eigenvalue weighted by Crippen LogP contribution is 2.28. The van der Waals surface area contributed by atoms with Gasteiger partial charge in [-0.2, -0.15) is 0 Å². The van der Waals surface area contributed by atoms with E-state index in [1.54, 1.807) is 0 Å². The number of rotatable bonds is 10. The summed E-state index contributed by atoms with van der Waals surface area (Å²) in [6.07, 6.45) is 5.72. The van der Waals surface area contributed by atoms with Gasteiger partial charge < -0.3 is 15.0 Å². The number of hydrogen-bond acceptors (Lipinski definition) is 4. The second kappa shape index (κ2) is 8.22. The van der Waals surface area contributed by atoms with Crippen molar-refractivity contribution in [2.75, 3.05) is 38.3 Å². The lowest BCUT2D eigenvalue weighted by molar-refractivity contribution is 0.130. The van der Waals surface area contributed by atoms with E-state index in [1.165, 1.54) is 18.4 Å². The van der Waals surface area contributed by atoms with Gasteiger partial charge in [0.15, 0.2) is 0 Å². The number of aromatic nitrogens is 1. The molecule has 1 aliphatic rings. The Morgan fingerprint density at radius 1 is 1.45 bits per heavy atom. The summed E-state index contributed by atoms with van der Waals surface area (Å²) in [6, 6.07) is 4.15. The number of ether oxygens (including phenoxy) is 1. The Bertz CT molecular complexity index is 393. The molecule has 2 rings (SSSR count). The van der Waals surface area contributed by atoms with Crippen molar-refractivity contribution in [3.8, 4) is 0 Å². The minimum Gasteiger partial charge on any atom is -0.379 e. The van der Waals surface area contributed by atoms with Crippen molar-refractivity contribution in [1.29, 1.82) is 0 Å². The maximum Gasteiger partial charge on any atom is 0.132 e. The smallest absolute Gasteiger partial charge is 0.132 e. The molecule has 1 aromatic heterocycles. The molecular weight excluding hydrogens is 250 g/mol. The second-order valence-electron chi connectivity index (χ2n) is 5.60. The molecule has 1 aromatic rings. The van der Waals surface area contributed by atoms with Crippen molar-refractivity contribution in [2.45, 2.75) is 32.7 Å². The van der Waals surface area contributed by atoms with Gasteiger partial charge >= 0.3 is 0 Å². The molecule has 0 spiro atoms. The average molecular weight is 277 g/mol. The van der Waals surface area contributed by atoms with E-state index >= 15 is 0 Å². The fourth-order valence-corrected chi connectivity index (χ4v) is 2.15. The minimum atomic E-state index is 0.783. The molecule has 0 bridgehead atoms. The Labute approximate surface area is 122 Å². The molecule has 0 atom stereocenters. The van der Waals surface area contributed by atoms with Crippen molar-refractivity contribution in [3.05, 3.63) is 23.9 Å². The Kier molecular flexibility index (Phi) is 6.27. The number of pyridine rings is 1. The van der Waals surface area contributed by atoms with Crippen LogP contribution in [-0.2, 0) is 11.3 Å². The Morgan fingerprint density at radius 2 is 2.30 bits per heavy atom. The third-order valence-corrected chi connectivity index (χ3v) is 3.59. The van der Waals surface area contributed by atoms with Crippen molar-refractivity contribution in [3.63, 3.8) is 0 Å². The van der Waals surface area contributed by atoms with Gasteiger partial charge in [-0.1, -0.05) is 13.0 Å². The molecule has 0 aliphatic heterocycles. The third kappa shape index (κ3) is 5.10. The molecular formula is C16H27N3O. The quantitative estimate of drug-likeness (QED) is 0.667. The van der Waals surface area contributed by atoms with Crippen LogP contribution in [-0.4, -0.2) is 38.3 Å². The lowest BCUT2D eigenvalue weighted by Crippen LogP contribution is -2.26. The van der Waals surface area contributed by atoms with E-state index in [9.17, 15) is 0 Å². The molecule has 4 nitrogen and oxygen atoms in total. The lowest BCUT2D eigenvalue weighted by atomic mass is 10.2. The Hall–Kier alpha value is -1.13. The predicted molar refractivity (Wildman–Crippen MR) is 83.0 cm³/mol. The molecule has 1 aliphatic carbocycles. The summed E-state index contributed by atoms with van der Waals surface area (Å²) in [4.78, 5) is 6.70. The summed E-state index contributed by atoms with van der Waals surface area (Å²) < 4.78 is 5.70. The molecule has 0 aromatic carbocycles. The number of nitrogens with one attached hydrogen (secondary N) is 1. The van der Waals surface area contributed by atoms with Gasteiger partial charge in [-0.3, -0.25) is 0 Å². The molecule has 1 N–H and O–H groups in total. The van der Waals surface area contributed by atoms with E-state index in [1.807, 2.05) is 12.3 Å². The SMILES string of the molecule is CCCNCc1cccnc1N(C)CCOCC1CC1. The average Bonchev–Trinajstić information content (AvgIpc) is 3.28. The van der Waals surface area contributed by atoms with Gasteiger partial charge in [0.2, 0.25) is 0 Å². The summed E-state index contributed by atoms with van der Waals surface area (Å²) in [6.45, 7) is 6.71. The van der Waals surface area contributed by atoms with Crippen LogP contribution < -0.4 is 10.2 Å². The number of anilines is 1. The summed E-state index contributed by atoms with van der Waals surface area (Å²) in [7, 11) is 2.09. The van der Waals surface area contributed by atoms with Crippen LogP contribution in [0.25, 0.3) is 0 Å². The van der Waals surface area contributed by atoms with Gasteiger partial charge in [0, 0.05) is 38.5 Å². The van der Waals surface area contributed by atoms with Crippen LogP contribution in [0.15, 0.2) is 18.3 Å². The number of nitrogens with zero attached hydrogens (tertiary/aromatic N) is 2. The number of likely N-dealkylation sites (N-methyl/N-ethyl adjacent to an activating group) is 1. The zero-order chi connectivity index (χ0) is 14.2. The molecule has 1 heterocycles. The van der Waals surface area contributed by atoms with Gasteiger partial charge in [0.1, 0.15) is 5.82 Å². The van der Waals surface area contributed by atoms with Gasteiger partial charge in [-0.05, 0) is 37.8 Å². The maximum absolute atomic E-state index is 5.70. The lowest BCUT2D eigenvalue weighted by Gasteiger charge is -2.21. The second-order valence-corrected chi connectivity index (χ2v) is 5.60. The fraction of sp³-hybridized carbons (Fsp3) is 0.688. The highest BCUT2D eigenvalue weighted by molar-refractivity contribution is 5.45. The van der Waals surface area contributed by atoms with E-state index in [4.69, 9.17) is 4.74 Å². The molecule has 1 fully saturated rings. The van der Waals surface area contributed by atoms with Gasteiger partial charge in [0.25, 0.3) is 0 Å². The Balaban J connectivity index is 1.78. The third-order valence-electron chi connectivity index (χ3n) is 3.59. The summed E-state index contributed by atoms with van der Waals surface area (Å²) in [5.41, 5.74) is 1.26. The van der Waals surface area contributed by atoms with Crippen molar-refractivity contribution in [2.24, 2.45) is 5.92 Å². The summed E-state index contributed by atoms with van der Waals surface area (Å²) in [5, 5.41) is 3.44. The largest absolute Gasteiger partial charge is 0.379 e. The van der Waals surface area contributed by atoms with Gasteiger partial charge in [-0.15, -0.1) is 0 Å². The van der Waals surface area contributed by atoms with Crippen molar-refractivity contribution in [1.82, 2.24) is 10.3 Å². The van der Waals surface area contributed by atoms with E-state index < -0.39 is 0 Å².